The predicted molar refractivity (Wildman–Crippen MR) is 85.6 cm³/mol. The molecule has 1 aliphatic heterocycles. The van der Waals surface area contributed by atoms with Gasteiger partial charge in [-0.25, -0.2) is 0 Å². The van der Waals surface area contributed by atoms with E-state index < -0.39 is 5.41 Å². The van der Waals surface area contributed by atoms with Gasteiger partial charge in [-0.3, -0.25) is 14.3 Å². The van der Waals surface area contributed by atoms with Crippen LogP contribution in [-0.2, 0) is 21.4 Å². The number of carbonyl (C=O) groups is 2. The van der Waals surface area contributed by atoms with E-state index in [1.54, 1.807) is 22.9 Å². The highest BCUT2D eigenvalue weighted by Gasteiger charge is 2.44. The van der Waals surface area contributed by atoms with Crippen LogP contribution in [0.1, 0.15) is 31.0 Å². The Morgan fingerprint density at radius 3 is 2.57 bits per heavy atom. The number of primary amides is 1. The van der Waals surface area contributed by atoms with Crippen molar-refractivity contribution in [2.24, 2.45) is 24.1 Å². The second-order valence-corrected chi connectivity index (χ2v) is 6.95. The number of nitrogens with zero attached hydrogens (tertiary/aromatic N) is 3. The van der Waals surface area contributed by atoms with Crippen molar-refractivity contribution in [3.8, 4) is 0 Å². The summed E-state index contributed by atoms with van der Waals surface area (Å²) in [6.07, 6.45) is 1.77. The smallest absolute Gasteiger partial charge is 0.230 e. The van der Waals surface area contributed by atoms with Crippen LogP contribution >= 0.6 is 0 Å². The van der Waals surface area contributed by atoms with E-state index in [-0.39, 0.29) is 23.7 Å². The van der Waals surface area contributed by atoms with Crippen LogP contribution in [0.15, 0.2) is 6.20 Å². The lowest BCUT2D eigenvalue weighted by atomic mass is 9.89. The van der Waals surface area contributed by atoms with Crippen molar-refractivity contribution >= 4 is 11.8 Å². The van der Waals surface area contributed by atoms with Crippen molar-refractivity contribution < 1.29 is 14.3 Å². The minimum absolute atomic E-state index is 0.0188. The van der Waals surface area contributed by atoms with Gasteiger partial charge in [0.1, 0.15) is 0 Å². The molecular weight excluding hydrogens is 296 g/mol. The zero-order chi connectivity index (χ0) is 17.4. The average Bonchev–Trinajstić information content (AvgIpc) is 3.03. The molecule has 128 valence electrons. The van der Waals surface area contributed by atoms with E-state index in [9.17, 15) is 9.59 Å². The summed E-state index contributed by atoms with van der Waals surface area (Å²) >= 11 is 0. The number of hydrogen-bond donors (Lipinski definition) is 1. The Morgan fingerprint density at radius 1 is 1.43 bits per heavy atom. The Kier molecular flexibility index (Phi) is 4.79. The Morgan fingerprint density at radius 2 is 2.09 bits per heavy atom. The van der Waals surface area contributed by atoms with Crippen molar-refractivity contribution in [2.75, 3.05) is 26.8 Å². The Labute approximate surface area is 136 Å². The number of nitrogens with two attached hydrogens (primary N) is 1. The predicted octanol–water partition coefficient (Wildman–Crippen LogP) is 0.428. The zero-order valence-electron chi connectivity index (χ0n) is 14.5. The first kappa shape index (κ1) is 17.5. The second-order valence-electron chi connectivity index (χ2n) is 6.95. The van der Waals surface area contributed by atoms with Gasteiger partial charge in [0.15, 0.2) is 0 Å². The second kappa shape index (κ2) is 6.31. The van der Waals surface area contributed by atoms with Crippen LogP contribution < -0.4 is 5.73 Å². The van der Waals surface area contributed by atoms with Gasteiger partial charge in [0.2, 0.25) is 11.8 Å². The lowest BCUT2D eigenvalue weighted by Gasteiger charge is -2.28. The van der Waals surface area contributed by atoms with Gasteiger partial charge in [-0.2, -0.15) is 5.10 Å². The molecule has 2 heterocycles. The minimum Gasteiger partial charge on any atom is -0.384 e. The third-order valence-electron chi connectivity index (χ3n) is 4.73. The molecule has 0 spiro atoms. The van der Waals surface area contributed by atoms with Gasteiger partial charge in [0.25, 0.3) is 0 Å². The van der Waals surface area contributed by atoms with E-state index in [1.807, 2.05) is 27.8 Å². The van der Waals surface area contributed by atoms with Crippen molar-refractivity contribution in [1.29, 1.82) is 0 Å². The van der Waals surface area contributed by atoms with Crippen LogP contribution in [0.3, 0.4) is 0 Å². The number of likely N-dealkylation sites (tertiary alicyclic amines) is 1. The third-order valence-corrected chi connectivity index (χ3v) is 4.73. The van der Waals surface area contributed by atoms with Crippen molar-refractivity contribution in [2.45, 2.75) is 26.7 Å². The molecule has 0 unspecified atom stereocenters. The summed E-state index contributed by atoms with van der Waals surface area (Å²) in [5, 5.41) is 4.24. The molecule has 1 saturated heterocycles. The van der Waals surface area contributed by atoms with Crippen molar-refractivity contribution in [3.05, 3.63) is 17.5 Å². The summed E-state index contributed by atoms with van der Waals surface area (Å²) in [6.45, 7) is 6.81. The molecule has 2 N–H and O–H groups in total. The van der Waals surface area contributed by atoms with Crippen LogP contribution in [0.25, 0.3) is 0 Å². The molecule has 23 heavy (non-hydrogen) atoms. The molecule has 2 atom stereocenters. The van der Waals surface area contributed by atoms with Gasteiger partial charge in [-0.15, -0.1) is 0 Å². The SMILES string of the molecule is COCC(C)(C)C(=O)N1C[C@H](C(N)=O)[C@@H](c2cnn(C)c2C)C1. The van der Waals surface area contributed by atoms with E-state index >= 15 is 0 Å². The molecule has 1 aromatic rings. The molecule has 1 fully saturated rings. The standard InChI is InChI=1S/C16H26N4O3/c1-10-11(6-18-19(10)4)12-7-20(8-13(12)14(17)21)15(22)16(2,3)9-23-5/h6,12-13H,7-9H2,1-5H3,(H2,17,21)/t12-,13+/m1/s1. The number of methoxy groups -OCH3 is 1. The first-order valence-corrected chi connectivity index (χ1v) is 7.75. The highest BCUT2D eigenvalue weighted by Crippen LogP contribution is 2.36. The van der Waals surface area contributed by atoms with Crippen molar-refractivity contribution in [3.63, 3.8) is 0 Å². The van der Waals surface area contributed by atoms with E-state index in [4.69, 9.17) is 10.5 Å². The maximum Gasteiger partial charge on any atom is 0.230 e. The number of carbonyl (C=O) groups excluding carboxylic acids is 2. The first-order chi connectivity index (χ1) is 10.7. The molecule has 7 nitrogen and oxygen atoms in total. The highest BCUT2D eigenvalue weighted by molar-refractivity contribution is 5.85. The topological polar surface area (TPSA) is 90.4 Å². The van der Waals surface area contributed by atoms with Gasteiger partial charge in [-0.05, 0) is 26.3 Å². The van der Waals surface area contributed by atoms with Crippen LogP contribution in [0.4, 0.5) is 0 Å². The molecule has 2 rings (SSSR count). The monoisotopic (exact) mass is 322 g/mol. The molecule has 1 aromatic heterocycles. The van der Waals surface area contributed by atoms with Crippen LogP contribution in [-0.4, -0.2) is 53.3 Å². The fourth-order valence-corrected chi connectivity index (χ4v) is 3.30. The molecule has 1 aliphatic rings. The number of hydrogen-bond acceptors (Lipinski definition) is 4. The highest BCUT2D eigenvalue weighted by atomic mass is 16.5. The van der Waals surface area contributed by atoms with Gasteiger partial charge in [-0.1, -0.05) is 0 Å². The lowest BCUT2D eigenvalue weighted by Crippen LogP contribution is -2.42. The summed E-state index contributed by atoms with van der Waals surface area (Å²) in [5.41, 5.74) is 6.93. The molecule has 0 aliphatic carbocycles. The Hall–Kier alpha value is -1.89. The van der Waals surface area contributed by atoms with Gasteiger partial charge in [0, 0.05) is 38.9 Å². The Bertz CT molecular complexity index is 608. The number of aromatic nitrogens is 2. The molecule has 7 heteroatoms. The van der Waals surface area contributed by atoms with E-state index in [0.717, 1.165) is 11.3 Å². The molecule has 0 radical (unpaired) electrons. The number of rotatable bonds is 5. The normalized spacial score (nSPS) is 21.7. The number of ether oxygens (including phenoxy) is 1. The summed E-state index contributed by atoms with van der Waals surface area (Å²) in [7, 11) is 3.44. The summed E-state index contributed by atoms with van der Waals surface area (Å²) in [4.78, 5) is 26.4. The van der Waals surface area contributed by atoms with E-state index in [1.165, 1.54) is 0 Å². The van der Waals surface area contributed by atoms with Crippen LogP contribution in [0, 0.1) is 18.3 Å². The average molecular weight is 322 g/mol. The fourth-order valence-electron chi connectivity index (χ4n) is 3.30. The first-order valence-electron chi connectivity index (χ1n) is 7.75. The minimum atomic E-state index is -0.629. The number of aryl methyl sites for hydroxylation is 1. The molecule has 0 saturated carbocycles. The Balaban J connectivity index is 2.27. The van der Waals surface area contributed by atoms with Gasteiger partial charge < -0.3 is 15.4 Å². The molecule has 0 bridgehead atoms. The molecule has 2 amide bonds. The zero-order valence-corrected chi connectivity index (χ0v) is 14.5. The van der Waals surface area contributed by atoms with Crippen LogP contribution in [0.5, 0.6) is 0 Å². The molecule has 0 aromatic carbocycles. The fraction of sp³-hybridized carbons (Fsp3) is 0.688. The third kappa shape index (κ3) is 3.24. The lowest BCUT2D eigenvalue weighted by molar-refractivity contribution is -0.142. The summed E-state index contributed by atoms with van der Waals surface area (Å²) in [5.74, 6) is -0.892. The maximum absolute atomic E-state index is 12.8. The van der Waals surface area contributed by atoms with Gasteiger partial charge >= 0.3 is 0 Å². The largest absolute Gasteiger partial charge is 0.384 e. The maximum atomic E-state index is 12.8. The quantitative estimate of drug-likeness (QED) is 0.851. The summed E-state index contributed by atoms with van der Waals surface area (Å²) in [6, 6.07) is 0. The summed E-state index contributed by atoms with van der Waals surface area (Å²) < 4.78 is 6.91. The van der Waals surface area contributed by atoms with Crippen molar-refractivity contribution in [1.82, 2.24) is 14.7 Å². The van der Waals surface area contributed by atoms with Gasteiger partial charge in [0.05, 0.1) is 24.1 Å². The van der Waals surface area contributed by atoms with Crippen LogP contribution in [0.2, 0.25) is 0 Å². The number of amides is 2. The molecular formula is C16H26N4O3. The van der Waals surface area contributed by atoms with E-state index in [0.29, 0.717) is 19.7 Å². The van der Waals surface area contributed by atoms with E-state index in [2.05, 4.69) is 5.10 Å².